The van der Waals surface area contributed by atoms with Crippen molar-refractivity contribution in [2.45, 2.75) is 12.5 Å². The van der Waals surface area contributed by atoms with Crippen LogP contribution in [0.25, 0.3) is 0 Å². The molecule has 0 spiro atoms. The second kappa shape index (κ2) is 6.92. The Morgan fingerprint density at radius 2 is 1.95 bits per heavy atom. The second-order valence-corrected chi connectivity index (χ2v) is 4.80. The molecule has 3 amide bonds. The van der Waals surface area contributed by atoms with Crippen LogP contribution in [0.4, 0.5) is 10.5 Å². The molecule has 0 aliphatic carbocycles. The van der Waals surface area contributed by atoms with Crippen LogP contribution in [0, 0.1) is 3.57 Å². The van der Waals surface area contributed by atoms with E-state index in [1.807, 2.05) is 22.6 Å². The van der Waals surface area contributed by atoms with Gasteiger partial charge in [0.25, 0.3) is 0 Å². The molecule has 0 heterocycles. The van der Waals surface area contributed by atoms with Crippen LogP contribution >= 0.6 is 22.6 Å². The van der Waals surface area contributed by atoms with Crippen molar-refractivity contribution in [3.63, 3.8) is 0 Å². The number of carboxylic acids is 1. The number of rotatable bonds is 5. The fraction of sp³-hybridized carbons (Fsp3) is 0.182. The molecule has 0 aliphatic rings. The Balaban J connectivity index is 2.65. The van der Waals surface area contributed by atoms with Crippen LogP contribution < -0.4 is 16.4 Å². The van der Waals surface area contributed by atoms with Crippen molar-refractivity contribution in [3.8, 4) is 0 Å². The van der Waals surface area contributed by atoms with Gasteiger partial charge in [-0.1, -0.05) is 12.1 Å². The average Bonchev–Trinajstić information content (AvgIpc) is 2.30. The molecule has 8 heteroatoms. The van der Waals surface area contributed by atoms with Crippen molar-refractivity contribution in [1.82, 2.24) is 5.32 Å². The summed E-state index contributed by atoms with van der Waals surface area (Å²) in [6.07, 6.45) is -0.464. The number of hydrogen-bond donors (Lipinski definition) is 4. The SMILES string of the molecule is NC(=O)CC(NC(=O)Nc1ccccc1I)C(=O)O. The number of para-hydroxylation sites is 1. The first-order chi connectivity index (χ1) is 8.90. The molecule has 19 heavy (non-hydrogen) atoms. The van der Waals surface area contributed by atoms with Gasteiger partial charge in [0.1, 0.15) is 6.04 Å². The number of hydrogen-bond acceptors (Lipinski definition) is 3. The first kappa shape index (κ1) is 15.2. The van der Waals surface area contributed by atoms with E-state index in [9.17, 15) is 14.4 Å². The summed E-state index contributed by atoms with van der Waals surface area (Å²) < 4.78 is 0.803. The highest BCUT2D eigenvalue weighted by atomic mass is 127. The number of primary amides is 1. The van der Waals surface area contributed by atoms with Gasteiger partial charge in [0.2, 0.25) is 5.91 Å². The van der Waals surface area contributed by atoms with Gasteiger partial charge in [0.15, 0.2) is 0 Å². The zero-order valence-corrected chi connectivity index (χ0v) is 11.9. The van der Waals surface area contributed by atoms with Crippen LogP contribution in [-0.2, 0) is 9.59 Å². The van der Waals surface area contributed by atoms with E-state index in [-0.39, 0.29) is 0 Å². The molecule has 1 unspecified atom stereocenters. The Morgan fingerprint density at radius 3 is 2.47 bits per heavy atom. The number of carboxylic acid groups (broad SMARTS) is 1. The molecule has 0 fully saturated rings. The molecule has 5 N–H and O–H groups in total. The molecule has 102 valence electrons. The highest BCUT2D eigenvalue weighted by Gasteiger charge is 2.22. The molecule has 1 aromatic rings. The van der Waals surface area contributed by atoms with E-state index in [4.69, 9.17) is 10.8 Å². The standard InChI is InChI=1S/C11H12IN3O4/c12-6-3-1-2-4-7(6)14-11(19)15-8(10(17)18)5-9(13)16/h1-4,8H,5H2,(H2,13,16)(H,17,18)(H2,14,15,19). The van der Waals surface area contributed by atoms with Gasteiger partial charge < -0.3 is 21.5 Å². The van der Waals surface area contributed by atoms with Gasteiger partial charge in [-0.25, -0.2) is 9.59 Å². The van der Waals surface area contributed by atoms with Crippen molar-refractivity contribution in [1.29, 1.82) is 0 Å². The summed E-state index contributed by atoms with van der Waals surface area (Å²) in [5.74, 6) is -2.13. The molecular formula is C11H12IN3O4. The Kier molecular flexibility index (Phi) is 5.55. The van der Waals surface area contributed by atoms with Gasteiger partial charge in [-0.05, 0) is 34.7 Å². The first-order valence-electron chi connectivity index (χ1n) is 5.23. The van der Waals surface area contributed by atoms with Gasteiger partial charge in [-0.15, -0.1) is 0 Å². The molecule has 1 rings (SSSR count). The molecule has 0 aromatic heterocycles. The fourth-order valence-electron chi connectivity index (χ4n) is 1.28. The maximum atomic E-state index is 11.6. The number of anilines is 1. The Morgan fingerprint density at radius 1 is 1.32 bits per heavy atom. The number of halogens is 1. The molecule has 0 saturated carbocycles. The average molecular weight is 377 g/mol. The van der Waals surface area contributed by atoms with Gasteiger partial charge in [-0.2, -0.15) is 0 Å². The minimum absolute atomic E-state index is 0.464. The number of carbonyl (C=O) groups is 3. The lowest BCUT2D eigenvalue weighted by Gasteiger charge is -2.14. The molecule has 0 bridgehead atoms. The van der Waals surface area contributed by atoms with Gasteiger partial charge in [0, 0.05) is 3.57 Å². The van der Waals surface area contributed by atoms with Crippen molar-refractivity contribution in [2.75, 3.05) is 5.32 Å². The molecule has 1 aromatic carbocycles. The number of aliphatic carboxylic acids is 1. The number of benzene rings is 1. The van der Waals surface area contributed by atoms with E-state index in [0.29, 0.717) is 5.69 Å². The van der Waals surface area contributed by atoms with Crippen LogP contribution in [0.5, 0.6) is 0 Å². The van der Waals surface area contributed by atoms with Crippen molar-refractivity contribution in [2.24, 2.45) is 5.73 Å². The monoisotopic (exact) mass is 377 g/mol. The minimum atomic E-state index is -1.35. The highest BCUT2D eigenvalue weighted by molar-refractivity contribution is 14.1. The lowest BCUT2D eigenvalue weighted by atomic mass is 10.2. The molecule has 7 nitrogen and oxygen atoms in total. The van der Waals surface area contributed by atoms with Crippen molar-refractivity contribution in [3.05, 3.63) is 27.8 Å². The number of urea groups is 1. The summed E-state index contributed by atoms with van der Waals surface area (Å²) in [6.45, 7) is 0. The summed E-state index contributed by atoms with van der Waals surface area (Å²) in [6, 6.07) is 4.93. The zero-order valence-electron chi connectivity index (χ0n) is 9.72. The number of nitrogens with one attached hydrogen (secondary N) is 2. The Labute approximate surface area is 122 Å². The number of amides is 3. The summed E-state index contributed by atoms with van der Waals surface area (Å²) in [7, 11) is 0. The van der Waals surface area contributed by atoms with Crippen LogP contribution in [0.2, 0.25) is 0 Å². The van der Waals surface area contributed by atoms with Crippen LogP contribution in [-0.4, -0.2) is 29.1 Å². The van der Waals surface area contributed by atoms with Gasteiger partial charge in [-0.3, -0.25) is 4.79 Å². The molecular weight excluding hydrogens is 365 g/mol. The predicted molar refractivity (Wildman–Crippen MR) is 76.5 cm³/mol. The lowest BCUT2D eigenvalue weighted by Crippen LogP contribution is -2.45. The van der Waals surface area contributed by atoms with E-state index in [0.717, 1.165) is 3.57 Å². The summed E-state index contributed by atoms with van der Waals surface area (Å²) in [5.41, 5.74) is 5.45. The summed E-state index contributed by atoms with van der Waals surface area (Å²) in [4.78, 5) is 33.2. The third-order valence-corrected chi connectivity index (χ3v) is 3.07. The molecule has 0 aliphatic heterocycles. The summed E-state index contributed by atoms with van der Waals surface area (Å²) in [5, 5.41) is 13.5. The smallest absolute Gasteiger partial charge is 0.326 e. The quantitative estimate of drug-likeness (QED) is 0.566. The Hall–Kier alpha value is -1.84. The topological polar surface area (TPSA) is 122 Å². The van der Waals surface area contributed by atoms with E-state index in [1.54, 1.807) is 24.3 Å². The third kappa shape index (κ3) is 5.12. The van der Waals surface area contributed by atoms with Crippen molar-refractivity contribution < 1.29 is 19.5 Å². The van der Waals surface area contributed by atoms with E-state index < -0.39 is 30.4 Å². The number of carbonyl (C=O) groups excluding carboxylic acids is 2. The molecule has 0 saturated heterocycles. The van der Waals surface area contributed by atoms with Crippen molar-refractivity contribution >= 4 is 46.2 Å². The number of nitrogens with two attached hydrogens (primary N) is 1. The third-order valence-electron chi connectivity index (χ3n) is 2.13. The zero-order chi connectivity index (χ0) is 14.4. The van der Waals surface area contributed by atoms with E-state index in [1.165, 1.54) is 0 Å². The largest absolute Gasteiger partial charge is 0.480 e. The molecule has 1 atom stereocenters. The second-order valence-electron chi connectivity index (χ2n) is 3.64. The maximum absolute atomic E-state index is 11.6. The predicted octanol–water partition coefficient (Wildman–Crippen LogP) is 0.741. The van der Waals surface area contributed by atoms with Crippen LogP contribution in [0.1, 0.15) is 6.42 Å². The van der Waals surface area contributed by atoms with Gasteiger partial charge >= 0.3 is 12.0 Å². The maximum Gasteiger partial charge on any atom is 0.326 e. The first-order valence-corrected chi connectivity index (χ1v) is 6.31. The Bertz CT molecular complexity index is 506. The van der Waals surface area contributed by atoms with Gasteiger partial charge in [0.05, 0.1) is 12.1 Å². The summed E-state index contributed by atoms with van der Waals surface area (Å²) >= 11 is 2.03. The highest BCUT2D eigenvalue weighted by Crippen LogP contribution is 2.16. The van der Waals surface area contributed by atoms with E-state index in [2.05, 4.69) is 10.6 Å². The fourth-order valence-corrected chi connectivity index (χ4v) is 1.80. The minimum Gasteiger partial charge on any atom is -0.480 e. The normalized spacial score (nSPS) is 11.4. The van der Waals surface area contributed by atoms with Crippen LogP contribution in [0.15, 0.2) is 24.3 Å². The lowest BCUT2D eigenvalue weighted by molar-refractivity contribution is -0.140. The molecule has 0 radical (unpaired) electrons. The van der Waals surface area contributed by atoms with E-state index >= 15 is 0 Å². The van der Waals surface area contributed by atoms with Crippen LogP contribution in [0.3, 0.4) is 0 Å².